The van der Waals surface area contributed by atoms with E-state index in [4.69, 9.17) is 4.42 Å². The summed E-state index contributed by atoms with van der Waals surface area (Å²) >= 11 is 0. The summed E-state index contributed by atoms with van der Waals surface area (Å²) in [5, 5.41) is 17.3. The van der Waals surface area contributed by atoms with E-state index in [1.54, 1.807) is 55.5 Å². The van der Waals surface area contributed by atoms with Gasteiger partial charge in [0.05, 0.1) is 11.3 Å². The van der Waals surface area contributed by atoms with E-state index in [-0.39, 0.29) is 29.7 Å². The molecule has 1 heterocycles. The molecule has 4 aromatic rings. The second-order valence-corrected chi connectivity index (χ2v) is 7.28. The van der Waals surface area contributed by atoms with Crippen molar-refractivity contribution >= 4 is 39.8 Å². The fourth-order valence-electron chi connectivity index (χ4n) is 3.27. The Kier molecular flexibility index (Phi) is 5.67. The van der Waals surface area contributed by atoms with Crippen molar-refractivity contribution in [2.75, 3.05) is 10.6 Å². The lowest BCUT2D eigenvalue weighted by Gasteiger charge is -2.08. The van der Waals surface area contributed by atoms with Gasteiger partial charge in [0.1, 0.15) is 5.58 Å². The molecule has 0 fully saturated rings. The third-order valence-electron chi connectivity index (χ3n) is 4.92. The van der Waals surface area contributed by atoms with E-state index < -0.39 is 4.92 Å². The van der Waals surface area contributed by atoms with Crippen LogP contribution >= 0.6 is 0 Å². The van der Waals surface area contributed by atoms with Crippen LogP contribution in [0.4, 0.5) is 17.1 Å². The summed E-state index contributed by atoms with van der Waals surface area (Å²) in [5.74, 6) is -0.461. The number of carbonyl (C=O) groups excluding carboxylic acids is 2. The molecule has 0 radical (unpaired) electrons. The summed E-state index contributed by atoms with van der Waals surface area (Å²) in [7, 11) is 0. The van der Waals surface area contributed by atoms with Crippen LogP contribution in [-0.2, 0) is 11.2 Å². The fraction of sp³-hybridized carbons (Fsp3) is 0.0833. The Morgan fingerprint density at radius 1 is 0.938 bits per heavy atom. The molecule has 32 heavy (non-hydrogen) atoms. The Hall–Kier alpha value is -4.46. The van der Waals surface area contributed by atoms with Crippen molar-refractivity contribution in [3.05, 3.63) is 99.8 Å². The first-order valence-electron chi connectivity index (χ1n) is 9.83. The number of nitro groups is 1. The first kappa shape index (κ1) is 20.8. The number of fused-ring (bicyclic) bond motifs is 1. The maximum absolute atomic E-state index is 12.4. The van der Waals surface area contributed by atoms with Crippen LogP contribution < -0.4 is 10.6 Å². The molecule has 0 aliphatic heterocycles. The Balaban J connectivity index is 1.37. The van der Waals surface area contributed by atoms with Crippen LogP contribution in [0.25, 0.3) is 11.0 Å². The third-order valence-corrected chi connectivity index (χ3v) is 4.92. The normalized spacial score (nSPS) is 10.7. The highest BCUT2D eigenvalue weighted by Crippen LogP contribution is 2.23. The Morgan fingerprint density at radius 2 is 1.66 bits per heavy atom. The summed E-state index contributed by atoms with van der Waals surface area (Å²) in [5.41, 5.74) is 2.76. The molecule has 3 aromatic carbocycles. The first-order chi connectivity index (χ1) is 15.4. The van der Waals surface area contributed by atoms with Crippen molar-refractivity contribution in [3.8, 4) is 0 Å². The van der Waals surface area contributed by atoms with Crippen LogP contribution in [0.15, 0.2) is 77.2 Å². The molecule has 0 saturated carbocycles. The predicted molar refractivity (Wildman–Crippen MR) is 121 cm³/mol. The number of nitrogens with one attached hydrogen (secondary N) is 2. The van der Waals surface area contributed by atoms with Crippen molar-refractivity contribution in [2.45, 2.75) is 13.3 Å². The zero-order chi connectivity index (χ0) is 22.7. The number of para-hydroxylation sites is 1. The van der Waals surface area contributed by atoms with Gasteiger partial charge in [0.25, 0.3) is 11.6 Å². The highest BCUT2D eigenvalue weighted by molar-refractivity contribution is 6.04. The minimum Gasteiger partial charge on any atom is -0.451 e. The second-order valence-electron chi connectivity index (χ2n) is 7.28. The van der Waals surface area contributed by atoms with Crippen molar-refractivity contribution in [1.29, 1.82) is 0 Å². The lowest BCUT2D eigenvalue weighted by Crippen LogP contribution is -2.15. The number of anilines is 2. The molecule has 2 N–H and O–H groups in total. The van der Waals surface area contributed by atoms with E-state index in [1.165, 1.54) is 6.07 Å². The Morgan fingerprint density at radius 3 is 2.38 bits per heavy atom. The predicted octanol–water partition coefficient (Wildman–Crippen LogP) is 5.08. The topological polar surface area (TPSA) is 114 Å². The zero-order valence-electron chi connectivity index (χ0n) is 17.1. The molecule has 4 rings (SSSR count). The van der Waals surface area contributed by atoms with E-state index in [0.29, 0.717) is 22.5 Å². The Labute approximate surface area is 183 Å². The van der Waals surface area contributed by atoms with Crippen LogP contribution in [0.1, 0.15) is 21.7 Å². The van der Waals surface area contributed by atoms with E-state index >= 15 is 0 Å². The van der Waals surface area contributed by atoms with Gasteiger partial charge in [0.2, 0.25) is 5.91 Å². The molecule has 8 nitrogen and oxygen atoms in total. The monoisotopic (exact) mass is 429 g/mol. The SMILES string of the molecule is Cc1ccc(NC(=O)Cc2ccc(NC(=O)c3cc4ccccc4o3)cc2)cc1[N+](=O)[O-]. The van der Waals surface area contributed by atoms with Crippen LogP contribution in [0, 0.1) is 17.0 Å². The number of hydrogen-bond acceptors (Lipinski definition) is 5. The Bertz CT molecular complexity index is 1290. The molecule has 2 amide bonds. The van der Waals surface area contributed by atoms with Gasteiger partial charge < -0.3 is 15.1 Å². The molecule has 1 aromatic heterocycles. The average Bonchev–Trinajstić information content (AvgIpc) is 3.21. The molecule has 160 valence electrons. The van der Waals surface area contributed by atoms with Gasteiger partial charge in [0.15, 0.2) is 5.76 Å². The molecule has 0 unspecified atom stereocenters. The first-order valence-corrected chi connectivity index (χ1v) is 9.83. The highest BCUT2D eigenvalue weighted by atomic mass is 16.6. The van der Waals surface area contributed by atoms with Gasteiger partial charge in [0, 0.05) is 28.4 Å². The number of amides is 2. The van der Waals surface area contributed by atoms with Crippen molar-refractivity contribution in [1.82, 2.24) is 0 Å². The minimum atomic E-state index is -0.483. The van der Waals surface area contributed by atoms with Crippen LogP contribution in [-0.4, -0.2) is 16.7 Å². The lowest BCUT2D eigenvalue weighted by molar-refractivity contribution is -0.385. The number of nitrogens with zero attached hydrogens (tertiary/aromatic N) is 1. The van der Waals surface area contributed by atoms with Crippen LogP contribution in [0.2, 0.25) is 0 Å². The fourth-order valence-corrected chi connectivity index (χ4v) is 3.27. The number of rotatable bonds is 6. The van der Waals surface area contributed by atoms with E-state index in [9.17, 15) is 19.7 Å². The maximum atomic E-state index is 12.4. The summed E-state index contributed by atoms with van der Waals surface area (Å²) in [4.78, 5) is 35.3. The summed E-state index contributed by atoms with van der Waals surface area (Å²) in [6.45, 7) is 1.64. The average molecular weight is 429 g/mol. The maximum Gasteiger partial charge on any atom is 0.291 e. The van der Waals surface area contributed by atoms with Gasteiger partial charge in [-0.25, -0.2) is 0 Å². The van der Waals surface area contributed by atoms with E-state index in [0.717, 1.165) is 10.9 Å². The summed E-state index contributed by atoms with van der Waals surface area (Å²) in [6, 6.07) is 20.4. The molecule has 0 aliphatic rings. The number of carbonyl (C=O) groups is 2. The number of aryl methyl sites for hydroxylation is 1. The second kappa shape index (κ2) is 8.73. The van der Waals surface area contributed by atoms with Gasteiger partial charge in [-0.15, -0.1) is 0 Å². The van der Waals surface area contributed by atoms with Gasteiger partial charge in [-0.3, -0.25) is 19.7 Å². The third kappa shape index (κ3) is 4.65. The molecule has 0 spiro atoms. The number of nitro benzene ring substituents is 1. The van der Waals surface area contributed by atoms with Crippen LogP contribution in [0.5, 0.6) is 0 Å². The van der Waals surface area contributed by atoms with E-state index in [2.05, 4.69) is 10.6 Å². The molecule has 0 aliphatic carbocycles. The van der Waals surface area contributed by atoms with E-state index in [1.807, 2.05) is 18.2 Å². The quantitative estimate of drug-likeness (QED) is 0.328. The van der Waals surface area contributed by atoms with Crippen molar-refractivity contribution in [2.24, 2.45) is 0 Å². The zero-order valence-corrected chi connectivity index (χ0v) is 17.1. The highest BCUT2D eigenvalue weighted by Gasteiger charge is 2.14. The summed E-state index contributed by atoms with van der Waals surface area (Å²) in [6.07, 6.45) is 0.0828. The standard InChI is InChI=1S/C24H19N3O5/c1-15-6-9-19(14-20(15)27(30)31)25-23(28)12-16-7-10-18(11-8-16)26-24(29)22-13-17-4-2-3-5-21(17)32-22/h2-11,13-14H,12H2,1H3,(H,25,28)(H,26,29). The summed E-state index contributed by atoms with van der Waals surface area (Å²) < 4.78 is 5.56. The van der Waals surface area contributed by atoms with Crippen molar-refractivity contribution in [3.63, 3.8) is 0 Å². The van der Waals surface area contributed by atoms with Gasteiger partial charge in [-0.1, -0.05) is 36.4 Å². The molecule has 8 heteroatoms. The van der Waals surface area contributed by atoms with Gasteiger partial charge in [-0.2, -0.15) is 0 Å². The number of furan rings is 1. The molecule has 0 bridgehead atoms. The van der Waals surface area contributed by atoms with Gasteiger partial charge in [-0.05, 0) is 42.8 Å². The smallest absolute Gasteiger partial charge is 0.291 e. The largest absolute Gasteiger partial charge is 0.451 e. The minimum absolute atomic E-state index is 0.0488. The number of benzene rings is 3. The molecular formula is C24H19N3O5. The molecular weight excluding hydrogens is 410 g/mol. The van der Waals surface area contributed by atoms with Gasteiger partial charge >= 0.3 is 0 Å². The van der Waals surface area contributed by atoms with Crippen molar-refractivity contribution < 1.29 is 18.9 Å². The molecule has 0 saturated heterocycles. The molecule has 0 atom stereocenters. The lowest BCUT2D eigenvalue weighted by atomic mass is 10.1. The number of hydrogen-bond donors (Lipinski definition) is 2. The van der Waals surface area contributed by atoms with Crippen LogP contribution in [0.3, 0.4) is 0 Å².